The Kier molecular flexibility index (Phi) is 10.3. The highest BCUT2D eigenvalue weighted by molar-refractivity contribution is 4.52. The standard InChI is InChI=1S/C12H28N2O/c1-5-8-14(4)9-6-10-15-11-7-13-12(2)3/h12-13H,5-11H2,1-4H3. The molecular weight excluding hydrogens is 188 g/mol. The third-order valence-electron chi connectivity index (χ3n) is 2.23. The van der Waals surface area contributed by atoms with E-state index >= 15 is 0 Å². The number of hydrogen-bond donors (Lipinski definition) is 1. The molecule has 92 valence electrons. The molecule has 0 spiro atoms. The van der Waals surface area contributed by atoms with Crippen LogP contribution in [0, 0.1) is 0 Å². The first-order valence-electron chi connectivity index (χ1n) is 6.16. The van der Waals surface area contributed by atoms with E-state index in [4.69, 9.17) is 4.74 Å². The molecule has 15 heavy (non-hydrogen) atoms. The van der Waals surface area contributed by atoms with Crippen LogP contribution >= 0.6 is 0 Å². The van der Waals surface area contributed by atoms with Crippen molar-refractivity contribution in [2.75, 3.05) is 39.9 Å². The van der Waals surface area contributed by atoms with Crippen LogP contribution in [0.15, 0.2) is 0 Å². The van der Waals surface area contributed by atoms with Crippen molar-refractivity contribution < 1.29 is 4.74 Å². The van der Waals surface area contributed by atoms with Gasteiger partial charge in [0, 0.05) is 25.7 Å². The third kappa shape index (κ3) is 11.8. The van der Waals surface area contributed by atoms with Gasteiger partial charge >= 0.3 is 0 Å². The van der Waals surface area contributed by atoms with E-state index in [1.807, 2.05) is 0 Å². The van der Waals surface area contributed by atoms with Crippen LogP contribution in [0.25, 0.3) is 0 Å². The molecule has 0 aliphatic heterocycles. The fourth-order valence-corrected chi connectivity index (χ4v) is 1.45. The molecule has 0 bridgehead atoms. The lowest BCUT2D eigenvalue weighted by molar-refractivity contribution is 0.124. The number of rotatable bonds is 10. The number of nitrogens with zero attached hydrogens (tertiary/aromatic N) is 1. The van der Waals surface area contributed by atoms with Crippen molar-refractivity contribution in [2.45, 2.75) is 39.7 Å². The van der Waals surface area contributed by atoms with E-state index < -0.39 is 0 Å². The van der Waals surface area contributed by atoms with Gasteiger partial charge in [-0.25, -0.2) is 0 Å². The average molecular weight is 216 g/mol. The molecule has 0 aliphatic carbocycles. The average Bonchev–Trinajstić information content (AvgIpc) is 2.16. The molecule has 0 aromatic carbocycles. The van der Waals surface area contributed by atoms with Gasteiger partial charge in [-0.1, -0.05) is 20.8 Å². The van der Waals surface area contributed by atoms with Gasteiger partial charge in [0.1, 0.15) is 0 Å². The van der Waals surface area contributed by atoms with Gasteiger partial charge in [-0.15, -0.1) is 0 Å². The topological polar surface area (TPSA) is 24.5 Å². The fourth-order valence-electron chi connectivity index (χ4n) is 1.45. The Bertz CT molecular complexity index is 129. The summed E-state index contributed by atoms with van der Waals surface area (Å²) in [6.45, 7) is 11.5. The maximum atomic E-state index is 5.52. The molecule has 0 saturated carbocycles. The number of hydrogen-bond acceptors (Lipinski definition) is 3. The molecular formula is C12H28N2O. The predicted molar refractivity (Wildman–Crippen MR) is 66.4 cm³/mol. The molecule has 0 aromatic rings. The molecule has 0 aliphatic rings. The molecule has 1 N–H and O–H groups in total. The highest BCUT2D eigenvalue weighted by atomic mass is 16.5. The zero-order valence-electron chi connectivity index (χ0n) is 10.9. The lowest BCUT2D eigenvalue weighted by Gasteiger charge is -2.15. The zero-order valence-corrected chi connectivity index (χ0v) is 10.9. The molecule has 0 radical (unpaired) electrons. The molecule has 0 saturated heterocycles. The lowest BCUT2D eigenvalue weighted by Crippen LogP contribution is -2.27. The summed E-state index contributed by atoms with van der Waals surface area (Å²) in [6, 6.07) is 0.560. The van der Waals surface area contributed by atoms with Crippen LogP contribution in [0.3, 0.4) is 0 Å². The van der Waals surface area contributed by atoms with E-state index in [-0.39, 0.29) is 0 Å². The number of nitrogens with one attached hydrogen (secondary N) is 1. The van der Waals surface area contributed by atoms with Crippen molar-refractivity contribution in [3.05, 3.63) is 0 Å². The first-order valence-corrected chi connectivity index (χ1v) is 6.16. The van der Waals surface area contributed by atoms with Crippen LogP contribution in [-0.4, -0.2) is 50.8 Å². The van der Waals surface area contributed by atoms with Gasteiger partial charge in [0.2, 0.25) is 0 Å². The van der Waals surface area contributed by atoms with E-state index in [0.29, 0.717) is 6.04 Å². The Labute approximate surface area is 95.2 Å². The van der Waals surface area contributed by atoms with Crippen LogP contribution in [0.4, 0.5) is 0 Å². The van der Waals surface area contributed by atoms with Crippen molar-refractivity contribution >= 4 is 0 Å². The van der Waals surface area contributed by atoms with E-state index in [9.17, 15) is 0 Å². The van der Waals surface area contributed by atoms with Crippen molar-refractivity contribution in [2.24, 2.45) is 0 Å². The molecule has 0 aromatic heterocycles. The van der Waals surface area contributed by atoms with Gasteiger partial charge in [0.25, 0.3) is 0 Å². The Hall–Kier alpha value is -0.120. The van der Waals surface area contributed by atoms with Crippen LogP contribution in [0.5, 0.6) is 0 Å². The van der Waals surface area contributed by atoms with Gasteiger partial charge in [0.15, 0.2) is 0 Å². The zero-order chi connectivity index (χ0) is 11.5. The maximum absolute atomic E-state index is 5.52. The van der Waals surface area contributed by atoms with Gasteiger partial charge in [0.05, 0.1) is 6.61 Å². The Morgan fingerprint density at radius 3 is 2.53 bits per heavy atom. The minimum absolute atomic E-state index is 0.560. The van der Waals surface area contributed by atoms with Gasteiger partial charge in [-0.2, -0.15) is 0 Å². The van der Waals surface area contributed by atoms with Crippen molar-refractivity contribution in [3.63, 3.8) is 0 Å². The molecule has 0 amide bonds. The molecule has 0 heterocycles. The summed E-state index contributed by atoms with van der Waals surface area (Å²) in [5.41, 5.74) is 0. The SMILES string of the molecule is CCCN(C)CCCOCCNC(C)C. The first kappa shape index (κ1) is 14.9. The summed E-state index contributed by atoms with van der Waals surface area (Å²) in [5.74, 6) is 0. The summed E-state index contributed by atoms with van der Waals surface area (Å²) in [4.78, 5) is 2.36. The summed E-state index contributed by atoms with van der Waals surface area (Å²) >= 11 is 0. The van der Waals surface area contributed by atoms with Crippen molar-refractivity contribution in [1.82, 2.24) is 10.2 Å². The minimum Gasteiger partial charge on any atom is -0.380 e. The molecule has 0 atom stereocenters. The van der Waals surface area contributed by atoms with E-state index in [1.165, 1.54) is 13.0 Å². The Morgan fingerprint density at radius 1 is 1.20 bits per heavy atom. The highest BCUT2D eigenvalue weighted by Gasteiger charge is 1.96. The second-order valence-electron chi connectivity index (χ2n) is 4.38. The summed E-state index contributed by atoms with van der Waals surface area (Å²) < 4.78 is 5.52. The molecule has 3 nitrogen and oxygen atoms in total. The van der Waals surface area contributed by atoms with E-state index in [2.05, 4.69) is 38.0 Å². The molecule has 3 heteroatoms. The molecule has 0 unspecified atom stereocenters. The quantitative estimate of drug-likeness (QED) is 0.563. The lowest BCUT2D eigenvalue weighted by atomic mass is 10.4. The van der Waals surface area contributed by atoms with Gasteiger partial charge < -0.3 is 15.0 Å². The van der Waals surface area contributed by atoms with Crippen LogP contribution in [0.1, 0.15) is 33.6 Å². The van der Waals surface area contributed by atoms with E-state index in [0.717, 1.165) is 32.7 Å². The molecule has 0 rings (SSSR count). The van der Waals surface area contributed by atoms with Crippen molar-refractivity contribution in [3.8, 4) is 0 Å². The fraction of sp³-hybridized carbons (Fsp3) is 1.00. The van der Waals surface area contributed by atoms with Crippen molar-refractivity contribution in [1.29, 1.82) is 0 Å². The van der Waals surface area contributed by atoms with Crippen LogP contribution in [-0.2, 0) is 4.74 Å². The highest BCUT2D eigenvalue weighted by Crippen LogP contribution is 1.90. The van der Waals surface area contributed by atoms with Crippen LogP contribution < -0.4 is 5.32 Å². The van der Waals surface area contributed by atoms with Gasteiger partial charge in [-0.3, -0.25) is 0 Å². The number of ether oxygens (including phenoxy) is 1. The monoisotopic (exact) mass is 216 g/mol. The predicted octanol–water partition coefficient (Wildman–Crippen LogP) is 1.73. The summed E-state index contributed by atoms with van der Waals surface area (Å²) in [6.07, 6.45) is 2.37. The van der Waals surface area contributed by atoms with E-state index in [1.54, 1.807) is 0 Å². The Balaban J connectivity index is 3.04. The smallest absolute Gasteiger partial charge is 0.0591 e. The largest absolute Gasteiger partial charge is 0.380 e. The normalized spacial score (nSPS) is 11.6. The van der Waals surface area contributed by atoms with Crippen LogP contribution in [0.2, 0.25) is 0 Å². The summed E-state index contributed by atoms with van der Waals surface area (Å²) in [5, 5.41) is 3.33. The third-order valence-corrected chi connectivity index (χ3v) is 2.23. The second-order valence-corrected chi connectivity index (χ2v) is 4.38. The second kappa shape index (κ2) is 10.4. The summed E-state index contributed by atoms with van der Waals surface area (Å²) in [7, 11) is 2.17. The maximum Gasteiger partial charge on any atom is 0.0591 e. The minimum atomic E-state index is 0.560. The molecule has 0 fully saturated rings. The Morgan fingerprint density at radius 2 is 1.93 bits per heavy atom. The van der Waals surface area contributed by atoms with Gasteiger partial charge in [-0.05, 0) is 26.4 Å². The first-order chi connectivity index (χ1) is 7.16.